The maximum Gasteiger partial charge on any atom is 0.427 e. The van der Waals surface area contributed by atoms with E-state index in [1.54, 1.807) is 5.32 Å². The SMILES string of the molecule is CN[C@H](C)C(O)(C(F)(F)F)C(F)(F)F. The van der Waals surface area contributed by atoms with E-state index in [1.165, 1.54) is 0 Å². The predicted molar refractivity (Wildman–Crippen MR) is 35.6 cm³/mol. The average Bonchev–Trinajstić information content (AvgIpc) is 1.97. The molecule has 0 rings (SSSR count). The average molecular weight is 225 g/mol. The van der Waals surface area contributed by atoms with Crippen LogP contribution in [-0.2, 0) is 0 Å². The molecule has 0 radical (unpaired) electrons. The highest BCUT2D eigenvalue weighted by molar-refractivity contribution is 5.00. The second-order valence-electron chi connectivity index (χ2n) is 2.77. The van der Waals surface area contributed by atoms with E-state index in [0.29, 0.717) is 6.92 Å². The van der Waals surface area contributed by atoms with Gasteiger partial charge in [0.2, 0.25) is 0 Å². The molecule has 0 aromatic rings. The molecular formula is C6H9F6NO. The third-order valence-electron chi connectivity index (χ3n) is 1.92. The van der Waals surface area contributed by atoms with E-state index in [4.69, 9.17) is 5.11 Å². The van der Waals surface area contributed by atoms with Crippen molar-refractivity contribution in [3.05, 3.63) is 0 Å². The number of alkyl halides is 6. The van der Waals surface area contributed by atoms with Crippen LogP contribution in [-0.4, -0.2) is 36.1 Å². The van der Waals surface area contributed by atoms with E-state index in [9.17, 15) is 26.3 Å². The molecule has 1 atom stereocenters. The summed E-state index contributed by atoms with van der Waals surface area (Å²) in [5, 5.41) is 10.4. The summed E-state index contributed by atoms with van der Waals surface area (Å²) in [4.78, 5) is 0. The Bertz CT molecular complexity index is 183. The first-order valence-electron chi connectivity index (χ1n) is 3.51. The summed E-state index contributed by atoms with van der Waals surface area (Å²) in [7, 11) is 0.896. The van der Waals surface area contributed by atoms with Crippen LogP contribution < -0.4 is 5.32 Å². The summed E-state index contributed by atoms with van der Waals surface area (Å²) in [5.41, 5.74) is -4.73. The summed E-state index contributed by atoms with van der Waals surface area (Å²) >= 11 is 0. The standard InChI is InChI=1S/C6H9F6NO/c1-3(13-2)4(14,5(7,8)9)6(10,11)12/h3,13-14H,1-2H3/t3-/m1/s1. The quantitative estimate of drug-likeness (QED) is 0.697. The second-order valence-corrected chi connectivity index (χ2v) is 2.77. The highest BCUT2D eigenvalue weighted by atomic mass is 19.4. The molecule has 0 heterocycles. The Morgan fingerprint density at radius 3 is 1.36 bits per heavy atom. The van der Waals surface area contributed by atoms with Gasteiger partial charge in [0.15, 0.2) is 0 Å². The van der Waals surface area contributed by atoms with Gasteiger partial charge in [0.05, 0.1) is 6.04 Å². The minimum absolute atomic E-state index is 0.598. The van der Waals surface area contributed by atoms with Gasteiger partial charge in [-0.3, -0.25) is 0 Å². The molecule has 0 amide bonds. The number of rotatable bonds is 2. The third kappa shape index (κ3) is 1.95. The first-order valence-corrected chi connectivity index (χ1v) is 3.51. The van der Waals surface area contributed by atoms with Gasteiger partial charge < -0.3 is 10.4 Å². The van der Waals surface area contributed by atoms with Crippen molar-refractivity contribution in [2.75, 3.05) is 7.05 Å². The molecule has 86 valence electrons. The third-order valence-corrected chi connectivity index (χ3v) is 1.92. The number of likely N-dealkylation sites (N-methyl/N-ethyl adjacent to an activating group) is 1. The van der Waals surface area contributed by atoms with Crippen molar-refractivity contribution >= 4 is 0 Å². The molecule has 0 aliphatic rings. The molecule has 0 aromatic heterocycles. The fourth-order valence-electron chi connectivity index (χ4n) is 0.861. The lowest BCUT2D eigenvalue weighted by Gasteiger charge is -2.36. The van der Waals surface area contributed by atoms with E-state index in [-0.39, 0.29) is 0 Å². The number of aliphatic hydroxyl groups is 1. The lowest BCUT2D eigenvalue weighted by atomic mass is 9.94. The zero-order chi connectivity index (χ0) is 11.8. The molecular weight excluding hydrogens is 216 g/mol. The molecule has 0 aliphatic carbocycles. The van der Waals surface area contributed by atoms with Crippen LogP contribution in [0.3, 0.4) is 0 Å². The summed E-state index contributed by atoms with van der Waals surface area (Å²) in [5.74, 6) is 0. The van der Waals surface area contributed by atoms with Gasteiger partial charge in [0.1, 0.15) is 0 Å². The number of hydrogen-bond acceptors (Lipinski definition) is 2. The summed E-state index contributed by atoms with van der Waals surface area (Å²) in [6.07, 6.45) is -11.5. The van der Waals surface area contributed by atoms with Crippen molar-refractivity contribution in [2.24, 2.45) is 0 Å². The van der Waals surface area contributed by atoms with Gasteiger partial charge in [0, 0.05) is 0 Å². The molecule has 0 saturated heterocycles. The van der Waals surface area contributed by atoms with Gasteiger partial charge in [-0.1, -0.05) is 0 Å². The van der Waals surface area contributed by atoms with Gasteiger partial charge in [-0.25, -0.2) is 0 Å². The summed E-state index contributed by atoms with van der Waals surface area (Å²) in [6, 6.07) is -2.18. The lowest BCUT2D eigenvalue weighted by Crippen LogP contribution is -2.66. The second kappa shape index (κ2) is 3.58. The lowest BCUT2D eigenvalue weighted by molar-refractivity contribution is -0.374. The van der Waals surface area contributed by atoms with E-state index < -0.39 is 24.0 Å². The normalized spacial score (nSPS) is 16.9. The molecule has 2 nitrogen and oxygen atoms in total. The van der Waals surface area contributed by atoms with Crippen molar-refractivity contribution in [1.82, 2.24) is 5.32 Å². The molecule has 0 aliphatic heterocycles. The van der Waals surface area contributed by atoms with E-state index in [1.807, 2.05) is 0 Å². The maximum absolute atomic E-state index is 12.0. The van der Waals surface area contributed by atoms with Crippen molar-refractivity contribution in [3.63, 3.8) is 0 Å². The zero-order valence-electron chi connectivity index (χ0n) is 7.29. The first kappa shape index (κ1) is 13.5. The van der Waals surface area contributed by atoms with Crippen LogP contribution in [0, 0.1) is 0 Å². The van der Waals surface area contributed by atoms with Crippen LogP contribution in [0.2, 0.25) is 0 Å². The van der Waals surface area contributed by atoms with Gasteiger partial charge >= 0.3 is 12.4 Å². The fourth-order valence-corrected chi connectivity index (χ4v) is 0.861. The van der Waals surface area contributed by atoms with Crippen molar-refractivity contribution < 1.29 is 31.4 Å². The smallest absolute Gasteiger partial charge is 0.372 e. The molecule has 2 N–H and O–H groups in total. The largest absolute Gasteiger partial charge is 0.427 e. The number of hydrogen-bond donors (Lipinski definition) is 2. The summed E-state index contributed by atoms with van der Waals surface area (Å²) in [6.45, 7) is 0.598. The Balaban J connectivity index is 5.29. The monoisotopic (exact) mass is 225 g/mol. The van der Waals surface area contributed by atoms with Gasteiger partial charge in [0.25, 0.3) is 5.60 Å². The highest BCUT2D eigenvalue weighted by Gasteiger charge is 2.72. The van der Waals surface area contributed by atoms with Crippen LogP contribution in [0.1, 0.15) is 6.92 Å². The molecule has 0 saturated carbocycles. The zero-order valence-corrected chi connectivity index (χ0v) is 7.29. The van der Waals surface area contributed by atoms with Crippen LogP contribution in [0.4, 0.5) is 26.3 Å². The first-order chi connectivity index (χ1) is 5.98. The Morgan fingerprint density at radius 1 is 1.00 bits per heavy atom. The molecule has 0 spiro atoms. The molecule has 0 aromatic carbocycles. The minimum Gasteiger partial charge on any atom is -0.372 e. The number of halogens is 6. The molecule has 0 unspecified atom stereocenters. The number of nitrogens with one attached hydrogen (secondary N) is 1. The Labute approximate surface area is 75.9 Å². The van der Waals surface area contributed by atoms with E-state index in [0.717, 1.165) is 7.05 Å². The predicted octanol–water partition coefficient (Wildman–Crippen LogP) is 1.45. The van der Waals surface area contributed by atoms with Crippen molar-refractivity contribution in [1.29, 1.82) is 0 Å². The van der Waals surface area contributed by atoms with Gasteiger partial charge in [-0.2, -0.15) is 26.3 Å². The highest BCUT2D eigenvalue weighted by Crippen LogP contribution is 2.44. The van der Waals surface area contributed by atoms with Crippen molar-refractivity contribution in [2.45, 2.75) is 30.9 Å². The van der Waals surface area contributed by atoms with Gasteiger partial charge in [-0.15, -0.1) is 0 Å². The van der Waals surface area contributed by atoms with Crippen LogP contribution in [0.15, 0.2) is 0 Å². The fraction of sp³-hybridized carbons (Fsp3) is 1.00. The summed E-state index contributed by atoms with van der Waals surface area (Å²) < 4.78 is 72.2. The minimum atomic E-state index is -5.77. The van der Waals surface area contributed by atoms with Crippen molar-refractivity contribution in [3.8, 4) is 0 Å². The Morgan fingerprint density at radius 2 is 1.29 bits per heavy atom. The van der Waals surface area contributed by atoms with Crippen LogP contribution in [0.5, 0.6) is 0 Å². The van der Waals surface area contributed by atoms with Crippen LogP contribution >= 0.6 is 0 Å². The topological polar surface area (TPSA) is 32.3 Å². The van der Waals surface area contributed by atoms with Crippen LogP contribution in [0.25, 0.3) is 0 Å². The van der Waals surface area contributed by atoms with E-state index in [2.05, 4.69) is 0 Å². The molecule has 8 heteroatoms. The van der Waals surface area contributed by atoms with E-state index >= 15 is 0 Å². The maximum atomic E-state index is 12.0. The Hall–Kier alpha value is -0.500. The molecule has 0 fully saturated rings. The Kier molecular flexibility index (Phi) is 3.45. The molecule has 14 heavy (non-hydrogen) atoms. The molecule has 0 bridgehead atoms. The van der Waals surface area contributed by atoms with Gasteiger partial charge in [-0.05, 0) is 14.0 Å².